The summed E-state index contributed by atoms with van der Waals surface area (Å²) in [5, 5.41) is 2.68. The zero-order valence-electron chi connectivity index (χ0n) is 15.9. The van der Waals surface area contributed by atoms with E-state index >= 15 is 0 Å². The maximum absolute atomic E-state index is 7.04. The first kappa shape index (κ1) is 19.4. The highest BCUT2D eigenvalue weighted by molar-refractivity contribution is 9.12. The van der Waals surface area contributed by atoms with Gasteiger partial charge >= 0.3 is 0 Å². The van der Waals surface area contributed by atoms with Crippen LogP contribution in [-0.4, -0.2) is 14.9 Å². The molecule has 136 valence electrons. The molecule has 0 atom stereocenters. The lowest BCUT2D eigenvalue weighted by molar-refractivity contribution is 0.110. The summed E-state index contributed by atoms with van der Waals surface area (Å²) in [7, 11) is -2.45. The van der Waals surface area contributed by atoms with Crippen molar-refractivity contribution in [3.05, 3.63) is 60.7 Å². The van der Waals surface area contributed by atoms with Gasteiger partial charge < -0.3 is 4.43 Å². The number of hydrogen-bond acceptors (Lipinski definition) is 1. The molecule has 0 aliphatic heterocycles. The summed E-state index contributed by atoms with van der Waals surface area (Å²) in [4.78, 5) is 2.96. The Balaban J connectivity index is 2.10. The van der Waals surface area contributed by atoms with Crippen LogP contribution in [0.2, 0.25) is 5.04 Å². The van der Waals surface area contributed by atoms with Crippen molar-refractivity contribution in [2.75, 3.05) is 6.61 Å². The Morgan fingerprint density at radius 2 is 1.46 bits per heavy atom. The smallest absolute Gasteiger partial charge is 0.261 e. The summed E-state index contributed by atoms with van der Waals surface area (Å²) >= 11 is 3.30. The van der Waals surface area contributed by atoms with Gasteiger partial charge in [-0.05, 0) is 33.1 Å². The number of benzene rings is 2. The Morgan fingerprint density at radius 1 is 0.962 bits per heavy atom. The SMILES string of the molecule is CC(C)(C)[Si](OCC1(C#CBr)CCC1)(c1ccccc1)c1ccccc1. The molecular formula is C23H27BrOSi. The normalized spacial score (nSPS) is 16.3. The quantitative estimate of drug-likeness (QED) is 0.477. The molecule has 0 spiro atoms. The summed E-state index contributed by atoms with van der Waals surface area (Å²) in [5.41, 5.74) is 0.0105. The molecule has 0 N–H and O–H groups in total. The van der Waals surface area contributed by atoms with Crippen LogP contribution in [0.25, 0.3) is 0 Å². The summed E-state index contributed by atoms with van der Waals surface area (Å²) < 4.78 is 7.04. The van der Waals surface area contributed by atoms with Gasteiger partial charge in [-0.25, -0.2) is 0 Å². The summed E-state index contributed by atoms with van der Waals surface area (Å²) in [5.74, 6) is 3.39. The predicted octanol–water partition coefficient (Wildman–Crippen LogP) is 5.09. The average Bonchev–Trinajstić information content (AvgIpc) is 2.60. The van der Waals surface area contributed by atoms with Crippen LogP contribution in [0.3, 0.4) is 0 Å². The Kier molecular flexibility index (Phi) is 5.77. The lowest BCUT2D eigenvalue weighted by Crippen LogP contribution is -2.67. The van der Waals surface area contributed by atoms with Crippen LogP contribution in [0.4, 0.5) is 0 Å². The van der Waals surface area contributed by atoms with Crippen molar-refractivity contribution in [1.82, 2.24) is 0 Å². The summed E-state index contributed by atoms with van der Waals surface area (Å²) in [6, 6.07) is 21.7. The lowest BCUT2D eigenvalue weighted by Gasteiger charge is -2.46. The van der Waals surface area contributed by atoms with Gasteiger partial charge in [0.15, 0.2) is 0 Å². The summed E-state index contributed by atoms with van der Waals surface area (Å²) in [6.07, 6.45) is 3.50. The molecule has 0 bridgehead atoms. The van der Waals surface area contributed by atoms with Crippen molar-refractivity contribution in [2.24, 2.45) is 5.41 Å². The third kappa shape index (κ3) is 3.56. The minimum absolute atomic E-state index is 0.0105. The highest BCUT2D eigenvalue weighted by Crippen LogP contribution is 2.44. The topological polar surface area (TPSA) is 9.23 Å². The minimum atomic E-state index is -2.45. The van der Waals surface area contributed by atoms with E-state index in [1.807, 2.05) is 0 Å². The standard InChI is InChI=1S/C23H27BrOSi/c1-22(2,3)26(20-11-6-4-7-12-20,21-13-8-5-9-14-21)25-19-23(17-18-24)15-10-16-23/h4-9,11-14H,10,15-16,19H2,1-3H3. The molecule has 0 radical (unpaired) electrons. The van der Waals surface area contributed by atoms with Gasteiger partial charge in [0.25, 0.3) is 8.32 Å². The van der Waals surface area contributed by atoms with Gasteiger partial charge in [0.05, 0.1) is 12.0 Å². The van der Waals surface area contributed by atoms with E-state index in [4.69, 9.17) is 4.43 Å². The van der Waals surface area contributed by atoms with Gasteiger partial charge in [0, 0.05) is 15.9 Å². The third-order valence-corrected chi connectivity index (χ3v) is 10.8. The lowest BCUT2D eigenvalue weighted by atomic mass is 9.70. The molecule has 2 aromatic rings. The third-order valence-electron chi connectivity index (χ3n) is 5.60. The fourth-order valence-electron chi connectivity index (χ4n) is 4.02. The predicted molar refractivity (Wildman–Crippen MR) is 117 cm³/mol. The zero-order chi connectivity index (χ0) is 18.7. The fourth-order valence-corrected chi connectivity index (χ4v) is 9.09. The van der Waals surface area contributed by atoms with Crippen molar-refractivity contribution in [1.29, 1.82) is 0 Å². The number of halogens is 1. The first-order chi connectivity index (χ1) is 12.4. The van der Waals surface area contributed by atoms with E-state index in [0.29, 0.717) is 6.61 Å². The van der Waals surface area contributed by atoms with E-state index < -0.39 is 8.32 Å². The molecule has 1 nitrogen and oxygen atoms in total. The molecule has 1 aliphatic carbocycles. The van der Waals surface area contributed by atoms with Crippen molar-refractivity contribution in [2.45, 2.75) is 45.1 Å². The minimum Gasteiger partial charge on any atom is -0.406 e. The van der Waals surface area contributed by atoms with Gasteiger partial charge in [-0.3, -0.25) is 0 Å². The zero-order valence-corrected chi connectivity index (χ0v) is 18.5. The van der Waals surface area contributed by atoms with Gasteiger partial charge in [0.1, 0.15) is 0 Å². The van der Waals surface area contributed by atoms with Crippen LogP contribution >= 0.6 is 15.9 Å². The van der Waals surface area contributed by atoms with Gasteiger partial charge in [-0.1, -0.05) is 93.8 Å². The molecule has 3 heteroatoms. The van der Waals surface area contributed by atoms with Crippen LogP contribution in [0.1, 0.15) is 40.0 Å². The Labute approximate surface area is 167 Å². The Morgan fingerprint density at radius 3 is 1.81 bits per heavy atom. The van der Waals surface area contributed by atoms with E-state index in [9.17, 15) is 0 Å². The first-order valence-electron chi connectivity index (χ1n) is 9.31. The second kappa shape index (κ2) is 7.72. The fraction of sp³-hybridized carbons (Fsp3) is 0.391. The van der Waals surface area contributed by atoms with E-state index in [0.717, 1.165) is 12.8 Å². The van der Waals surface area contributed by atoms with Crippen LogP contribution in [0.5, 0.6) is 0 Å². The van der Waals surface area contributed by atoms with Crippen molar-refractivity contribution >= 4 is 34.6 Å². The molecule has 1 saturated carbocycles. The number of rotatable bonds is 5. The number of hydrogen-bond donors (Lipinski definition) is 0. The molecule has 1 aliphatic rings. The van der Waals surface area contributed by atoms with Crippen molar-refractivity contribution in [3.8, 4) is 10.8 Å². The molecule has 1 fully saturated rings. The highest BCUT2D eigenvalue weighted by atomic mass is 79.9. The molecule has 0 heterocycles. The van der Waals surface area contributed by atoms with Gasteiger partial charge in [-0.15, -0.1) is 0 Å². The monoisotopic (exact) mass is 426 g/mol. The molecule has 0 unspecified atom stereocenters. The first-order valence-corrected chi connectivity index (χ1v) is 12.0. The largest absolute Gasteiger partial charge is 0.406 e. The van der Waals surface area contributed by atoms with Crippen LogP contribution in [0.15, 0.2) is 60.7 Å². The maximum Gasteiger partial charge on any atom is 0.261 e. The molecule has 0 saturated heterocycles. The van der Waals surface area contributed by atoms with Crippen molar-refractivity contribution < 1.29 is 4.43 Å². The molecule has 0 aromatic heterocycles. The Hall–Kier alpha value is -1.34. The van der Waals surface area contributed by atoms with Crippen LogP contribution < -0.4 is 10.4 Å². The van der Waals surface area contributed by atoms with E-state index in [-0.39, 0.29) is 10.5 Å². The molecule has 2 aromatic carbocycles. The Bertz CT molecular complexity index is 740. The van der Waals surface area contributed by atoms with Gasteiger partial charge in [-0.2, -0.15) is 0 Å². The highest BCUT2D eigenvalue weighted by Gasteiger charge is 2.51. The molecule has 0 amide bonds. The van der Waals surface area contributed by atoms with E-state index in [2.05, 4.69) is 108 Å². The molecule has 26 heavy (non-hydrogen) atoms. The summed E-state index contributed by atoms with van der Waals surface area (Å²) in [6.45, 7) is 7.67. The molecular weight excluding hydrogens is 400 g/mol. The van der Waals surface area contributed by atoms with Crippen molar-refractivity contribution in [3.63, 3.8) is 0 Å². The van der Waals surface area contributed by atoms with E-state index in [1.54, 1.807) is 0 Å². The van der Waals surface area contributed by atoms with Crippen LogP contribution in [0, 0.1) is 16.2 Å². The second-order valence-corrected chi connectivity index (χ2v) is 13.0. The van der Waals surface area contributed by atoms with Gasteiger partial charge in [0.2, 0.25) is 0 Å². The van der Waals surface area contributed by atoms with E-state index in [1.165, 1.54) is 16.8 Å². The average molecular weight is 427 g/mol. The van der Waals surface area contributed by atoms with Crippen LogP contribution in [-0.2, 0) is 4.43 Å². The maximum atomic E-state index is 7.04. The second-order valence-electron chi connectivity index (χ2n) is 8.31. The molecule has 3 rings (SSSR count).